The standard InChI is InChI=1S/C14H12ClNO3S2/c15-8-5-6-20-11(8)12(17)16-13-10(14(18)19)7-3-1-2-4-9(7)21-13/h5-6H,1-4H2,(H,16,17)(H,18,19). The first-order valence-corrected chi connectivity index (χ1v) is 8.57. The summed E-state index contributed by atoms with van der Waals surface area (Å²) in [4.78, 5) is 25.2. The van der Waals surface area contributed by atoms with Crippen LogP contribution in [0, 0.1) is 0 Å². The van der Waals surface area contributed by atoms with Crippen molar-refractivity contribution in [2.24, 2.45) is 0 Å². The van der Waals surface area contributed by atoms with Crippen molar-refractivity contribution in [1.82, 2.24) is 0 Å². The van der Waals surface area contributed by atoms with Crippen molar-refractivity contribution in [3.8, 4) is 0 Å². The van der Waals surface area contributed by atoms with Crippen LogP contribution in [0.5, 0.6) is 0 Å². The average molecular weight is 342 g/mol. The lowest BCUT2D eigenvalue weighted by atomic mass is 9.95. The zero-order valence-corrected chi connectivity index (χ0v) is 13.3. The fraction of sp³-hybridized carbons (Fsp3) is 0.286. The van der Waals surface area contributed by atoms with Gasteiger partial charge in [0.15, 0.2) is 0 Å². The number of aromatic carboxylic acids is 1. The number of carboxylic acid groups (broad SMARTS) is 1. The SMILES string of the molecule is O=C(Nc1sc2c(c1C(=O)O)CCCC2)c1sccc1Cl. The zero-order chi connectivity index (χ0) is 15.0. The Morgan fingerprint density at radius 2 is 2.05 bits per heavy atom. The summed E-state index contributed by atoms with van der Waals surface area (Å²) < 4.78 is 0. The van der Waals surface area contributed by atoms with E-state index in [4.69, 9.17) is 11.6 Å². The number of carboxylic acids is 1. The summed E-state index contributed by atoms with van der Waals surface area (Å²) in [5.41, 5.74) is 1.13. The molecule has 2 aromatic heterocycles. The van der Waals surface area contributed by atoms with Crippen molar-refractivity contribution >= 4 is 51.2 Å². The molecule has 1 amide bonds. The van der Waals surface area contributed by atoms with Crippen LogP contribution in [-0.2, 0) is 12.8 Å². The van der Waals surface area contributed by atoms with Crippen molar-refractivity contribution in [1.29, 1.82) is 0 Å². The number of carbonyl (C=O) groups excluding carboxylic acids is 1. The predicted molar refractivity (Wildman–Crippen MR) is 85.2 cm³/mol. The van der Waals surface area contributed by atoms with Crippen LogP contribution in [0.3, 0.4) is 0 Å². The molecule has 1 aliphatic rings. The maximum absolute atomic E-state index is 12.2. The first-order valence-electron chi connectivity index (χ1n) is 6.50. The maximum atomic E-state index is 12.2. The molecule has 0 bridgehead atoms. The van der Waals surface area contributed by atoms with E-state index < -0.39 is 5.97 Å². The summed E-state index contributed by atoms with van der Waals surface area (Å²) in [7, 11) is 0. The Labute approximate surface area is 134 Å². The first kappa shape index (κ1) is 14.6. The van der Waals surface area contributed by atoms with Gasteiger partial charge in [-0.3, -0.25) is 4.79 Å². The molecule has 0 aromatic carbocycles. The van der Waals surface area contributed by atoms with Crippen LogP contribution < -0.4 is 5.32 Å². The van der Waals surface area contributed by atoms with Crippen molar-refractivity contribution < 1.29 is 14.7 Å². The minimum absolute atomic E-state index is 0.246. The summed E-state index contributed by atoms with van der Waals surface area (Å²) >= 11 is 8.55. The Bertz CT molecular complexity index is 720. The first-order chi connectivity index (χ1) is 10.1. The van der Waals surface area contributed by atoms with Crippen LogP contribution in [0.15, 0.2) is 11.4 Å². The molecule has 0 atom stereocenters. The van der Waals surface area contributed by atoms with Gasteiger partial charge in [0.25, 0.3) is 5.91 Å². The third kappa shape index (κ3) is 2.71. The lowest BCUT2D eigenvalue weighted by Crippen LogP contribution is -2.13. The highest BCUT2D eigenvalue weighted by molar-refractivity contribution is 7.17. The largest absolute Gasteiger partial charge is 0.478 e. The number of nitrogens with one attached hydrogen (secondary N) is 1. The van der Waals surface area contributed by atoms with E-state index in [-0.39, 0.29) is 11.5 Å². The molecule has 3 rings (SSSR count). The van der Waals surface area contributed by atoms with Gasteiger partial charge in [-0.15, -0.1) is 22.7 Å². The molecule has 2 aromatic rings. The Kier molecular flexibility index (Phi) is 4.01. The van der Waals surface area contributed by atoms with Crippen molar-refractivity contribution in [2.45, 2.75) is 25.7 Å². The molecule has 0 fully saturated rings. The van der Waals surface area contributed by atoms with Crippen LogP contribution in [0.2, 0.25) is 5.02 Å². The molecule has 21 heavy (non-hydrogen) atoms. The quantitative estimate of drug-likeness (QED) is 0.875. The normalized spacial score (nSPS) is 13.8. The van der Waals surface area contributed by atoms with Gasteiger partial charge >= 0.3 is 5.97 Å². The second kappa shape index (κ2) is 5.79. The van der Waals surface area contributed by atoms with E-state index in [1.54, 1.807) is 11.4 Å². The maximum Gasteiger partial charge on any atom is 0.339 e. The van der Waals surface area contributed by atoms with Crippen molar-refractivity contribution in [3.05, 3.63) is 37.4 Å². The van der Waals surface area contributed by atoms with E-state index in [1.165, 1.54) is 22.7 Å². The molecule has 4 nitrogen and oxygen atoms in total. The van der Waals surface area contributed by atoms with Crippen LogP contribution in [0.4, 0.5) is 5.00 Å². The molecule has 0 aliphatic heterocycles. The Morgan fingerprint density at radius 3 is 2.71 bits per heavy atom. The molecule has 2 heterocycles. The summed E-state index contributed by atoms with van der Waals surface area (Å²) in [6.07, 6.45) is 3.71. The van der Waals surface area contributed by atoms with Gasteiger partial charge in [0.05, 0.1) is 10.6 Å². The third-order valence-electron chi connectivity index (χ3n) is 3.44. The Balaban J connectivity index is 1.95. The molecule has 0 saturated carbocycles. The highest BCUT2D eigenvalue weighted by atomic mass is 35.5. The highest BCUT2D eigenvalue weighted by Gasteiger charge is 2.26. The van der Waals surface area contributed by atoms with E-state index >= 15 is 0 Å². The van der Waals surface area contributed by atoms with Crippen LogP contribution in [-0.4, -0.2) is 17.0 Å². The number of hydrogen-bond donors (Lipinski definition) is 2. The number of hydrogen-bond acceptors (Lipinski definition) is 4. The van der Waals surface area contributed by atoms with E-state index in [0.717, 1.165) is 36.1 Å². The van der Waals surface area contributed by atoms with Gasteiger partial charge < -0.3 is 10.4 Å². The minimum Gasteiger partial charge on any atom is -0.478 e. The van der Waals surface area contributed by atoms with E-state index in [1.807, 2.05) is 0 Å². The predicted octanol–water partition coefficient (Wildman–Crippen LogP) is 4.29. The number of carbonyl (C=O) groups is 2. The average Bonchev–Trinajstić information content (AvgIpc) is 3.01. The van der Waals surface area contributed by atoms with Crippen LogP contribution in [0.1, 0.15) is 43.3 Å². The molecule has 0 spiro atoms. The molecule has 0 radical (unpaired) electrons. The number of thiophene rings is 2. The summed E-state index contributed by atoms with van der Waals surface area (Å²) in [6.45, 7) is 0. The molecule has 1 aliphatic carbocycles. The van der Waals surface area contributed by atoms with Crippen LogP contribution >= 0.6 is 34.3 Å². The van der Waals surface area contributed by atoms with Gasteiger partial charge in [-0.1, -0.05) is 11.6 Å². The molecule has 110 valence electrons. The van der Waals surface area contributed by atoms with Gasteiger partial charge in [-0.05, 0) is 42.7 Å². The number of rotatable bonds is 3. The van der Waals surface area contributed by atoms with Gasteiger partial charge in [-0.25, -0.2) is 4.79 Å². The summed E-state index contributed by atoms with van der Waals surface area (Å²) in [6, 6.07) is 1.65. The van der Waals surface area contributed by atoms with Gasteiger partial charge in [0, 0.05) is 4.88 Å². The molecule has 0 saturated heterocycles. The highest BCUT2D eigenvalue weighted by Crippen LogP contribution is 2.38. The second-order valence-electron chi connectivity index (χ2n) is 4.77. The van der Waals surface area contributed by atoms with Gasteiger partial charge in [0.1, 0.15) is 9.88 Å². The topological polar surface area (TPSA) is 66.4 Å². The van der Waals surface area contributed by atoms with E-state index in [2.05, 4.69) is 5.32 Å². The summed E-state index contributed by atoms with van der Waals surface area (Å²) in [5, 5.41) is 14.7. The van der Waals surface area contributed by atoms with Gasteiger partial charge in [0.2, 0.25) is 0 Å². The van der Waals surface area contributed by atoms with Gasteiger partial charge in [-0.2, -0.15) is 0 Å². The number of halogens is 1. The monoisotopic (exact) mass is 341 g/mol. The molecule has 0 unspecified atom stereocenters. The smallest absolute Gasteiger partial charge is 0.339 e. The lowest BCUT2D eigenvalue weighted by molar-refractivity contribution is 0.0697. The van der Waals surface area contributed by atoms with E-state index in [0.29, 0.717) is 14.9 Å². The third-order valence-corrected chi connectivity index (χ3v) is 5.98. The lowest BCUT2D eigenvalue weighted by Gasteiger charge is -2.10. The minimum atomic E-state index is -0.984. The van der Waals surface area contributed by atoms with Crippen molar-refractivity contribution in [3.63, 3.8) is 0 Å². The molecule has 7 heteroatoms. The zero-order valence-electron chi connectivity index (χ0n) is 10.9. The molecular weight excluding hydrogens is 330 g/mol. The molecular formula is C14H12ClNO3S2. The number of aryl methyl sites for hydroxylation is 1. The summed E-state index contributed by atoms with van der Waals surface area (Å²) in [5.74, 6) is -1.34. The number of anilines is 1. The number of fused-ring (bicyclic) bond motifs is 1. The second-order valence-corrected chi connectivity index (χ2v) is 7.20. The number of amides is 1. The Hall–Kier alpha value is -1.37. The fourth-order valence-corrected chi connectivity index (χ4v) is 4.81. The van der Waals surface area contributed by atoms with Crippen LogP contribution in [0.25, 0.3) is 0 Å². The molecule has 2 N–H and O–H groups in total. The Morgan fingerprint density at radius 1 is 1.29 bits per heavy atom. The fourth-order valence-electron chi connectivity index (χ4n) is 2.50. The van der Waals surface area contributed by atoms with Crippen molar-refractivity contribution in [2.75, 3.05) is 5.32 Å². The van der Waals surface area contributed by atoms with E-state index in [9.17, 15) is 14.7 Å².